The van der Waals surface area contributed by atoms with Crippen molar-refractivity contribution in [1.29, 1.82) is 0 Å². The quantitative estimate of drug-likeness (QED) is 0.545. The SMILES string of the molecule is Cl.O=C(CC1CCCCC1)NC1CCC(C(=O)NCC2CNCC2O)CC1. The molecule has 2 aliphatic carbocycles. The van der Waals surface area contributed by atoms with Gasteiger partial charge in [0.1, 0.15) is 0 Å². The highest BCUT2D eigenvalue weighted by Gasteiger charge is 2.30. The fourth-order valence-electron chi connectivity index (χ4n) is 4.74. The first kappa shape index (κ1) is 22.4. The van der Waals surface area contributed by atoms with Gasteiger partial charge in [0.2, 0.25) is 11.8 Å². The van der Waals surface area contributed by atoms with Gasteiger partial charge in [-0.2, -0.15) is 0 Å². The van der Waals surface area contributed by atoms with E-state index >= 15 is 0 Å². The van der Waals surface area contributed by atoms with Crippen LogP contribution in [0.3, 0.4) is 0 Å². The van der Waals surface area contributed by atoms with E-state index in [1.165, 1.54) is 32.1 Å². The van der Waals surface area contributed by atoms with Crippen molar-refractivity contribution in [1.82, 2.24) is 16.0 Å². The summed E-state index contributed by atoms with van der Waals surface area (Å²) >= 11 is 0. The highest BCUT2D eigenvalue weighted by Crippen LogP contribution is 2.27. The Morgan fingerprint density at radius 3 is 2.30 bits per heavy atom. The summed E-state index contributed by atoms with van der Waals surface area (Å²) in [5.41, 5.74) is 0. The molecule has 1 heterocycles. The van der Waals surface area contributed by atoms with Gasteiger partial charge < -0.3 is 21.1 Å². The molecule has 156 valence electrons. The van der Waals surface area contributed by atoms with Gasteiger partial charge in [0.05, 0.1) is 6.10 Å². The van der Waals surface area contributed by atoms with E-state index in [2.05, 4.69) is 16.0 Å². The van der Waals surface area contributed by atoms with Crippen LogP contribution >= 0.6 is 12.4 Å². The zero-order valence-corrected chi connectivity index (χ0v) is 17.1. The first-order chi connectivity index (χ1) is 12.6. The summed E-state index contributed by atoms with van der Waals surface area (Å²) in [7, 11) is 0. The van der Waals surface area contributed by atoms with Gasteiger partial charge in [-0.25, -0.2) is 0 Å². The number of nitrogens with one attached hydrogen (secondary N) is 3. The molecule has 3 aliphatic rings. The Morgan fingerprint density at radius 1 is 0.963 bits per heavy atom. The Bertz CT molecular complexity index is 477. The van der Waals surface area contributed by atoms with Crippen molar-refractivity contribution in [3.8, 4) is 0 Å². The maximum Gasteiger partial charge on any atom is 0.223 e. The van der Waals surface area contributed by atoms with Crippen LogP contribution in [-0.2, 0) is 9.59 Å². The molecule has 2 saturated carbocycles. The molecule has 2 unspecified atom stereocenters. The Labute approximate surface area is 169 Å². The van der Waals surface area contributed by atoms with Gasteiger partial charge in [-0.3, -0.25) is 9.59 Å². The number of amides is 2. The minimum absolute atomic E-state index is 0. The number of hydrogen-bond acceptors (Lipinski definition) is 4. The summed E-state index contributed by atoms with van der Waals surface area (Å²) in [6.07, 6.45) is 10.0. The summed E-state index contributed by atoms with van der Waals surface area (Å²) < 4.78 is 0. The smallest absolute Gasteiger partial charge is 0.223 e. The van der Waals surface area contributed by atoms with Crippen LogP contribution in [0.4, 0.5) is 0 Å². The van der Waals surface area contributed by atoms with E-state index in [0.717, 1.165) is 32.2 Å². The van der Waals surface area contributed by atoms with Crippen LogP contribution in [0, 0.1) is 17.8 Å². The van der Waals surface area contributed by atoms with E-state index in [1.807, 2.05) is 0 Å². The molecule has 0 aromatic carbocycles. The van der Waals surface area contributed by atoms with Gasteiger partial charge in [0.15, 0.2) is 0 Å². The first-order valence-corrected chi connectivity index (χ1v) is 10.6. The van der Waals surface area contributed by atoms with Crippen molar-refractivity contribution in [3.63, 3.8) is 0 Å². The monoisotopic (exact) mass is 401 g/mol. The fourth-order valence-corrected chi connectivity index (χ4v) is 4.74. The van der Waals surface area contributed by atoms with Crippen LogP contribution in [-0.4, -0.2) is 48.7 Å². The second-order valence-electron chi connectivity index (χ2n) is 8.56. The van der Waals surface area contributed by atoms with E-state index in [1.54, 1.807) is 0 Å². The molecule has 2 amide bonds. The molecule has 3 fully saturated rings. The van der Waals surface area contributed by atoms with Crippen molar-refractivity contribution in [3.05, 3.63) is 0 Å². The zero-order valence-electron chi connectivity index (χ0n) is 16.3. The summed E-state index contributed by atoms with van der Waals surface area (Å²) in [5.74, 6) is 1.05. The summed E-state index contributed by atoms with van der Waals surface area (Å²) in [6.45, 7) is 1.93. The normalized spacial score (nSPS) is 31.7. The molecular weight excluding hydrogens is 366 g/mol. The Balaban J connectivity index is 0.00000261. The molecule has 0 aromatic heterocycles. The molecule has 1 saturated heterocycles. The lowest BCUT2D eigenvalue weighted by Gasteiger charge is -2.29. The van der Waals surface area contributed by atoms with Gasteiger partial charge in [-0.15, -0.1) is 12.4 Å². The van der Waals surface area contributed by atoms with E-state index in [4.69, 9.17) is 0 Å². The summed E-state index contributed by atoms with van der Waals surface area (Å²) in [5, 5.41) is 19.1. The molecular formula is C20H36ClN3O3. The van der Waals surface area contributed by atoms with Gasteiger partial charge >= 0.3 is 0 Å². The molecule has 0 spiro atoms. The van der Waals surface area contributed by atoms with Gasteiger partial charge in [0.25, 0.3) is 0 Å². The number of aliphatic hydroxyl groups excluding tert-OH is 1. The molecule has 3 rings (SSSR count). The minimum atomic E-state index is -0.356. The fraction of sp³-hybridized carbons (Fsp3) is 0.900. The average molecular weight is 402 g/mol. The third-order valence-corrected chi connectivity index (χ3v) is 6.50. The van der Waals surface area contributed by atoms with E-state index in [0.29, 0.717) is 25.4 Å². The van der Waals surface area contributed by atoms with Crippen molar-refractivity contribution in [2.45, 2.75) is 76.4 Å². The predicted octanol–water partition coefficient (Wildman–Crippen LogP) is 1.75. The van der Waals surface area contributed by atoms with Crippen LogP contribution in [0.2, 0.25) is 0 Å². The van der Waals surface area contributed by atoms with Crippen LogP contribution in [0.1, 0.15) is 64.2 Å². The van der Waals surface area contributed by atoms with Gasteiger partial charge in [0, 0.05) is 43.9 Å². The number of halogens is 1. The summed E-state index contributed by atoms with van der Waals surface area (Å²) in [4.78, 5) is 24.6. The van der Waals surface area contributed by atoms with E-state index in [-0.39, 0.29) is 48.2 Å². The topological polar surface area (TPSA) is 90.5 Å². The lowest BCUT2D eigenvalue weighted by Crippen LogP contribution is -2.42. The third-order valence-electron chi connectivity index (χ3n) is 6.50. The van der Waals surface area contributed by atoms with Crippen molar-refractivity contribution in [2.24, 2.45) is 17.8 Å². The molecule has 0 bridgehead atoms. The maximum absolute atomic E-state index is 12.4. The predicted molar refractivity (Wildman–Crippen MR) is 108 cm³/mol. The number of hydrogen-bond donors (Lipinski definition) is 4. The largest absolute Gasteiger partial charge is 0.391 e. The average Bonchev–Trinajstić information content (AvgIpc) is 3.06. The standard InChI is InChI=1S/C20H35N3O3.ClH/c24-18-13-21-11-16(18)12-22-20(26)15-6-8-17(9-7-15)23-19(25)10-14-4-2-1-3-5-14;/h14-18,21,24H,1-13H2,(H,22,26)(H,23,25);1H. The van der Waals surface area contributed by atoms with Crippen LogP contribution in [0.25, 0.3) is 0 Å². The molecule has 4 N–H and O–H groups in total. The molecule has 27 heavy (non-hydrogen) atoms. The lowest BCUT2D eigenvalue weighted by molar-refractivity contribution is -0.126. The number of aliphatic hydroxyl groups is 1. The second kappa shape index (κ2) is 11.2. The number of carbonyl (C=O) groups excluding carboxylic acids is 2. The van der Waals surface area contributed by atoms with Crippen molar-refractivity contribution >= 4 is 24.2 Å². The number of carbonyl (C=O) groups is 2. The Morgan fingerprint density at radius 2 is 1.67 bits per heavy atom. The first-order valence-electron chi connectivity index (χ1n) is 10.6. The molecule has 2 atom stereocenters. The molecule has 0 radical (unpaired) electrons. The molecule has 0 aromatic rings. The minimum Gasteiger partial charge on any atom is -0.391 e. The van der Waals surface area contributed by atoms with Crippen LogP contribution in [0.15, 0.2) is 0 Å². The van der Waals surface area contributed by atoms with E-state index in [9.17, 15) is 14.7 Å². The molecule has 7 heteroatoms. The van der Waals surface area contributed by atoms with Crippen molar-refractivity contribution in [2.75, 3.05) is 19.6 Å². The highest BCUT2D eigenvalue weighted by molar-refractivity contribution is 5.85. The second-order valence-corrected chi connectivity index (χ2v) is 8.56. The highest BCUT2D eigenvalue weighted by atomic mass is 35.5. The number of rotatable bonds is 6. The number of β-amino-alcohol motifs (C(OH)–C–C–N with tert-alkyl or cyclic N) is 1. The maximum atomic E-state index is 12.4. The van der Waals surface area contributed by atoms with Crippen LogP contribution < -0.4 is 16.0 Å². The van der Waals surface area contributed by atoms with E-state index < -0.39 is 0 Å². The summed E-state index contributed by atoms with van der Waals surface area (Å²) in [6, 6.07) is 0.232. The Kier molecular flexibility index (Phi) is 9.33. The Hall–Kier alpha value is -0.850. The zero-order chi connectivity index (χ0) is 18.4. The van der Waals surface area contributed by atoms with Crippen LogP contribution in [0.5, 0.6) is 0 Å². The van der Waals surface area contributed by atoms with Crippen molar-refractivity contribution < 1.29 is 14.7 Å². The molecule has 1 aliphatic heterocycles. The van der Waals surface area contributed by atoms with Gasteiger partial charge in [-0.05, 0) is 44.4 Å². The lowest BCUT2D eigenvalue weighted by atomic mass is 9.84. The van der Waals surface area contributed by atoms with Gasteiger partial charge in [-0.1, -0.05) is 19.3 Å². The third kappa shape index (κ3) is 6.91. The molecule has 6 nitrogen and oxygen atoms in total.